The molecule has 1 aromatic rings. The number of amides is 1. The molecule has 0 bridgehead atoms. The van der Waals surface area contributed by atoms with E-state index >= 15 is 0 Å². The fraction of sp³-hybridized carbons (Fsp3) is 0.571. The van der Waals surface area contributed by atoms with E-state index in [1.54, 1.807) is 17.5 Å². The Hall–Kier alpha value is -1.62. The summed E-state index contributed by atoms with van der Waals surface area (Å²) in [6.45, 7) is 4.09. The summed E-state index contributed by atoms with van der Waals surface area (Å²) in [4.78, 5) is 12.1. The summed E-state index contributed by atoms with van der Waals surface area (Å²) >= 11 is 0. The molecular formula is C14H18N2O3. The first-order valence-electron chi connectivity index (χ1n) is 6.71. The van der Waals surface area contributed by atoms with Gasteiger partial charge >= 0.3 is 0 Å². The monoisotopic (exact) mass is 262 g/mol. The largest absolute Gasteiger partial charge is 0.472 e. The molecule has 2 atom stereocenters. The van der Waals surface area contributed by atoms with Gasteiger partial charge < -0.3 is 9.15 Å². The van der Waals surface area contributed by atoms with Crippen LogP contribution in [-0.2, 0) is 9.53 Å². The SMILES string of the molecule is CC1CC(N2N=C(c3ccoc3)CC2=O)CC(C)O1. The van der Waals surface area contributed by atoms with Gasteiger partial charge in [0.1, 0.15) is 0 Å². The minimum Gasteiger partial charge on any atom is -0.472 e. The van der Waals surface area contributed by atoms with Crippen LogP contribution in [0.2, 0.25) is 0 Å². The smallest absolute Gasteiger partial charge is 0.249 e. The normalized spacial score (nSPS) is 31.7. The second-order valence-electron chi connectivity index (χ2n) is 5.36. The van der Waals surface area contributed by atoms with Gasteiger partial charge in [-0.15, -0.1) is 0 Å². The van der Waals surface area contributed by atoms with Crippen molar-refractivity contribution in [1.29, 1.82) is 0 Å². The Balaban J connectivity index is 1.79. The van der Waals surface area contributed by atoms with E-state index in [2.05, 4.69) is 5.10 Å². The fourth-order valence-corrected chi connectivity index (χ4v) is 2.89. The van der Waals surface area contributed by atoms with E-state index in [-0.39, 0.29) is 24.2 Å². The molecular weight excluding hydrogens is 244 g/mol. The number of ether oxygens (including phenoxy) is 1. The molecule has 19 heavy (non-hydrogen) atoms. The van der Waals surface area contributed by atoms with Gasteiger partial charge in [0.15, 0.2) is 0 Å². The van der Waals surface area contributed by atoms with Gasteiger partial charge in [-0.1, -0.05) is 0 Å². The highest BCUT2D eigenvalue weighted by molar-refractivity contribution is 6.13. The van der Waals surface area contributed by atoms with Crippen molar-refractivity contribution in [1.82, 2.24) is 5.01 Å². The zero-order chi connectivity index (χ0) is 13.4. The molecule has 0 spiro atoms. The molecule has 2 aliphatic heterocycles. The van der Waals surface area contributed by atoms with E-state index in [0.29, 0.717) is 6.42 Å². The maximum atomic E-state index is 12.1. The molecule has 2 aliphatic rings. The second kappa shape index (κ2) is 4.81. The lowest BCUT2D eigenvalue weighted by atomic mass is 9.99. The highest BCUT2D eigenvalue weighted by Crippen LogP contribution is 2.27. The van der Waals surface area contributed by atoms with E-state index in [4.69, 9.17) is 9.15 Å². The van der Waals surface area contributed by atoms with Crippen LogP contribution in [-0.4, -0.2) is 34.9 Å². The van der Waals surface area contributed by atoms with Gasteiger partial charge in [0.25, 0.3) is 0 Å². The van der Waals surface area contributed by atoms with Crippen LogP contribution in [0.25, 0.3) is 0 Å². The van der Waals surface area contributed by atoms with Gasteiger partial charge in [-0.25, -0.2) is 5.01 Å². The first-order valence-corrected chi connectivity index (χ1v) is 6.71. The van der Waals surface area contributed by atoms with Crippen LogP contribution in [0.3, 0.4) is 0 Å². The molecule has 1 fully saturated rings. The van der Waals surface area contributed by atoms with Crippen molar-refractivity contribution in [3.8, 4) is 0 Å². The molecule has 0 radical (unpaired) electrons. The molecule has 3 rings (SSSR count). The van der Waals surface area contributed by atoms with Crippen molar-refractivity contribution in [3.63, 3.8) is 0 Å². The minimum atomic E-state index is 0.0718. The van der Waals surface area contributed by atoms with E-state index < -0.39 is 0 Å². The molecule has 5 nitrogen and oxygen atoms in total. The minimum absolute atomic E-state index is 0.0718. The number of furan rings is 1. The van der Waals surface area contributed by atoms with Crippen molar-refractivity contribution >= 4 is 11.6 Å². The first-order chi connectivity index (χ1) is 9.13. The summed E-state index contributed by atoms with van der Waals surface area (Å²) in [5.41, 5.74) is 1.69. The van der Waals surface area contributed by atoms with Crippen molar-refractivity contribution in [2.75, 3.05) is 0 Å². The number of hydrogen-bond acceptors (Lipinski definition) is 4. The Morgan fingerprint density at radius 2 is 2.05 bits per heavy atom. The van der Waals surface area contributed by atoms with Gasteiger partial charge in [-0.3, -0.25) is 4.79 Å². The van der Waals surface area contributed by atoms with Gasteiger partial charge in [-0.2, -0.15) is 5.10 Å². The Labute approximate surface area is 112 Å². The lowest BCUT2D eigenvalue weighted by Crippen LogP contribution is -2.42. The highest BCUT2D eigenvalue weighted by Gasteiger charge is 2.35. The van der Waals surface area contributed by atoms with Crippen LogP contribution in [0.5, 0.6) is 0 Å². The van der Waals surface area contributed by atoms with Crippen LogP contribution in [0.4, 0.5) is 0 Å². The number of nitrogens with zero attached hydrogens (tertiary/aromatic N) is 2. The summed E-state index contributed by atoms with van der Waals surface area (Å²) in [5.74, 6) is 0.0718. The zero-order valence-electron chi connectivity index (χ0n) is 11.2. The molecule has 1 aromatic heterocycles. The van der Waals surface area contributed by atoms with Gasteiger partial charge in [0.05, 0.1) is 42.9 Å². The summed E-state index contributed by atoms with van der Waals surface area (Å²) < 4.78 is 10.8. The maximum absolute atomic E-state index is 12.1. The number of carbonyl (C=O) groups excluding carboxylic acids is 1. The third-order valence-electron chi connectivity index (χ3n) is 3.68. The average Bonchev–Trinajstić information content (AvgIpc) is 2.95. The van der Waals surface area contributed by atoms with Crippen LogP contribution in [0.15, 0.2) is 28.1 Å². The van der Waals surface area contributed by atoms with E-state index in [1.807, 2.05) is 19.9 Å². The van der Waals surface area contributed by atoms with Crippen molar-refractivity contribution in [2.24, 2.45) is 5.10 Å². The molecule has 1 amide bonds. The molecule has 5 heteroatoms. The lowest BCUT2D eigenvalue weighted by molar-refractivity contribution is -0.135. The average molecular weight is 262 g/mol. The van der Waals surface area contributed by atoms with E-state index in [9.17, 15) is 4.79 Å². The molecule has 102 valence electrons. The predicted octanol–water partition coefficient (Wildman–Crippen LogP) is 2.17. The van der Waals surface area contributed by atoms with E-state index in [0.717, 1.165) is 24.1 Å². The Bertz CT molecular complexity index is 485. The number of carbonyl (C=O) groups is 1. The van der Waals surface area contributed by atoms with Gasteiger partial charge in [-0.05, 0) is 32.8 Å². The summed E-state index contributed by atoms with van der Waals surface area (Å²) in [7, 11) is 0. The Kier molecular flexibility index (Phi) is 3.14. The Morgan fingerprint density at radius 3 is 2.68 bits per heavy atom. The summed E-state index contributed by atoms with van der Waals surface area (Å²) in [6.07, 6.45) is 5.63. The van der Waals surface area contributed by atoms with Gasteiger partial charge in [0.2, 0.25) is 5.91 Å². The Morgan fingerprint density at radius 1 is 1.32 bits per heavy atom. The zero-order valence-corrected chi connectivity index (χ0v) is 11.2. The third kappa shape index (κ3) is 2.42. The van der Waals surface area contributed by atoms with Crippen LogP contribution in [0.1, 0.15) is 38.7 Å². The van der Waals surface area contributed by atoms with Gasteiger partial charge in [0, 0.05) is 5.56 Å². The van der Waals surface area contributed by atoms with Crippen molar-refractivity contribution in [2.45, 2.75) is 51.4 Å². The summed E-state index contributed by atoms with van der Waals surface area (Å²) in [6, 6.07) is 1.99. The fourth-order valence-electron chi connectivity index (χ4n) is 2.89. The van der Waals surface area contributed by atoms with Crippen LogP contribution in [0, 0.1) is 0 Å². The number of hydrogen-bond donors (Lipinski definition) is 0. The molecule has 3 heterocycles. The number of rotatable bonds is 2. The molecule has 0 aliphatic carbocycles. The molecule has 0 aromatic carbocycles. The first kappa shape index (κ1) is 12.4. The van der Waals surface area contributed by atoms with Crippen molar-refractivity contribution < 1.29 is 13.9 Å². The topological polar surface area (TPSA) is 55.0 Å². The second-order valence-corrected chi connectivity index (χ2v) is 5.36. The van der Waals surface area contributed by atoms with Crippen molar-refractivity contribution in [3.05, 3.63) is 24.2 Å². The summed E-state index contributed by atoms with van der Waals surface area (Å²) in [5, 5.41) is 6.14. The highest BCUT2D eigenvalue weighted by atomic mass is 16.5. The maximum Gasteiger partial charge on any atom is 0.249 e. The number of hydrazone groups is 1. The molecule has 0 N–H and O–H groups in total. The predicted molar refractivity (Wildman–Crippen MR) is 69.7 cm³/mol. The molecule has 0 saturated carbocycles. The quantitative estimate of drug-likeness (QED) is 0.820. The molecule has 2 unspecified atom stereocenters. The lowest BCUT2D eigenvalue weighted by Gasteiger charge is -2.35. The third-order valence-corrected chi connectivity index (χ3v) is 3.68. The van der Waals surface area contributed by atoms with Crippen LogP contribution >= 0.6 is 0 Å². The van der Waals surface area contributed by atoms with Crippen LogP contribution < -0.4 is 0 Å². The molecule has 1 saturated heterocycles. The standard InChI is InChI=1S/C14H18N2O3/c1-9-5-12(6-10(2)19-9)16-14(17)7-13(15-16)11-3-4-18-8-11/h3-4,8-10,12H,5-7H2,1-2H3. The van der Waals surface area contributed by atoms with E-state index in [1.165, 1.54) is 0 Å².